The van der Waals surface area contributed by atoms with Crippen LogP contribution in [0.5, 0.6) is 0 Å². The van der Waals surface area contributed by atoms with Gasteiger partial charge in [0.1, 0.15) is 5.76 Å². The molecule has 0 spiro atoms. The molecular weight excluding hydrogens is 224 g/mol. The van der Waals surface area contributed by atoms with E-state index in [2.05, 4.69) is 19.2 Å². The van der Waals surface area contributed by atoms with Gasteiger partial charge in [0.15, 0.2) is 0 Å². The smallest absolute Gasteiger partial charge is 0.125 e. The van der Waals surface area contributed by atoms with Crippen LogP contribution in [0.4, 0.5) is 0 Å². The zero-order chi connectivity index (χ0) is 14.1. The van der Waals surface area contributed by atoms with Crippen LogP contribution in [0.3, 0.4) is 0 Å². The molecule has 2 nitrogen and oxygen atoms in total. The van der Waals surface area contributed by atoms with Gasteiger partial charge in [-0.1, -0.05) is 46.1 Å². The molecule has 0 bridgehead atoms. The van der Waals surface area contributed by atoms with Gasteiger partial charge in [0, 0.05) is 12.8 Å². The van der Waals surface area contributed by atoms with Crippen molar-refractivity contribution in [2.45, 2.75) is 40.5 Å². The van der Waals surface area contributed by atoms with Crippen molar-refractivity contribution >= 4 is 0 Å². The third kappa shape index (κ3) is 4.44. The van der Waals surface area contributed by atoms with E-state index in [1.165, 1.54) is 5.57 Å². The number of aliphatic hydroxyl groups is 1. The topological polar surface area (TPSA) is 29.5 Å². The number of ether oxygens (including phenoxy) is 1. The summed E-state index contributed by atoms with van der Waals surface area (Å²) in [5, 5.41) is 9.23. The van der Waals surface area contributed by atoms with Crippen molar-refractivity contribution < 1.29 is 9.84 Å². The highest BCUT2D eigenvalue weighted by Gasteiger charge is 2.21. The monoisotopic (exact) mass is 250 g/mol. The first-order chi connectivity index (χ1) is 8.60. The standard InChI is InChI=1S/C14H20O2.C2H6/c1-5-12-7-8-16-14(12)13(6-2)10(3)9-11(4)15;1-2/h5-6,10,15H,2,4,7-9H2,1,3H3;1-2H3/b12-5-,14-13-;. The Morgan fingerprint density at radius 1 is 1.50 bits per heavy atom. The quantitative estimate of drug-likeness (QED) is 0.718. The van der Waals surface area contributed by atoms with Crippen LogP contribution in [0.1, 0.15) is 40.5 Å². The molecule has 0 radical (unpaired) electrons. The number of aliphatic hydroxyl groups excluding tert-OH is 1. The summed E-state index contributed by atoms with van der Waals surface area (Å²) in [5.41, 5.74) is 2.28. The number of rotatable bonds is 4. The summed E-state index contributed by atoms with van der Waals surface area (Å²) in [7, 11) is 0. The van der Waals surface area contributed by atoms with Gasteiger partial charge in [-0.25, -0.2) is 0 Å². The Bertz CT molecular complexity index is 348. The van der Waals surface area contributed by atoms with Crippen LogP contribution in [0.15, 0.2) is 48.0 Å². The molecule has 0 amide bonds. The normalized spacial score (nSPS) is 20.6. The summed E-state index contributed by atoms with van der Waals surface area (Å²) >= 11 is 0. The fraction of sp³-hybridized carbons (Fsp3) is 0.500. The second kappa shape index (κ2) is 8.62. The molecule has 1 rings (SSSR count). The van der Waals surface area contributed by atoms with Crippen LogP contribution in [0, 0.1) is 5.92 Å². The van der Waals surface area contributed by atoms with Crippen molar-refractivity contribution in [1.29, 1.82) is 0 Å². The molecule has 0 aliphatic carbocycles. The van der Waals surface area contributed by atoms with Crippen LogP contribution >= 0.6 is 0 Å². The van der Waals surface area contributed by atoms with E-state index >= 15 is 0 Å². The molecule has 1 N–H and O–H groups in total. The number of hydrogen-bond acceptors (Lipinski definition) is 2. The Kier molecular flexibility index (Phi) is 7.93. The zero-order valence-corrected chi connectivity index (χ0v) is 12.1. The minimum absolute atomic E-state index is 0.179. The summed E-state index contributed by atoms with van der Waals surface area (Å²) < 4.78 is 5.64. The Labute approximate surface area is 111 Å². The van der Waals surface area contributed by atoms with E-state index in [9.17, 15) is 5.11 Å². The van der Waals surface area contributed by atoms with Gasteiger partial charge in [-0.2, -0.15) is 0 Å². The first kappa shape index (κ1) is 16.6. The summed E-state index contributed by atoms with van der Waals surface area (Å²) in [6.07, 6.45) is 5.39. The van der Waals surface area contributed by atoms with Gasteiger partial charge in [0.25, 0.3) is 0 Å². The fourth-order valence-corrected chi connectivity index (χ4v) is 1.99. The van der Waals surface area contributed by atoms with E-state index in [0.717, 1.165) is 24.4 Å². The summed E-state index contributed by atoms with van der Waals surface area (Å²) in [6, 6.07) is 0. The number of hydrogen-bond donors (Lipinski definition) is 1. The van der Waals surface area contributed by atoms with Gasteiger partial charge in [0.05, 0.1) is 12.4 Å². The second-order valence-electron chi connectivity index (χ2n) is 4.07. The molecular formula is C16H26O2. The van der Waals surface area contributed by atoms with Gasteiger partial charge in [-0.05, 0) is 24.0 Å². The van der Waals surface area contributed by atoms with Crippen molar-refractivity contribution in [2.75, 3.05) is 6.61 Å². The number of allylic oxidation sites excluding steroid dienone is 5. The van der Waals surface area contributed by atoms with Gasteiger partial charge in [-0.15, -0.1) is 0 Å². The van der Waals surface area contributed by atoms with Crippen molar-refractivity contribution in [3.63, 3.8) is 0 Å². The molecule has 0 aromatic carbocycles. The van der Waals surface area contributed by atoms with E-state index in [1.807, 2.05) is 33.8 Å². The molecule has 1 heterocycles. The summed E-state index contributed by atoms with van der Waals surface area (Å²) in [4.78, 5) is 0. The van der Waals surface area contributed by atoms with Crippen LogP contribution in [-0.4, -0.2) is 11.7 Å². The third-order valence-corrected chi connectivity index (χ3v) is 2.81. The lowest BCUT2D eigenvalue weighted by Crippen LogP contribution is -2.03. The molecule has 0 saturated carbocycles. The molecule has 1 aliphatic heterocycles. The first-order valence-electron chi connectivity index (χ1n) is 6.61. The molecule has 102 valence electrons. The van der Waals surface area contributed by atoms with Gasteiger partial charge >= 0.3 is 0 Å². The minimum Gasteiger partial charge on any atom is -0.513 e. The Morgan fingerprint density at radius 2 is 2.11 bits per heavy atom. The molecule has 1 aliphatic rings. The predicted molar refractivity (Wildman–Crippen MR) is 78.4 cm³/mol. The Hall–Kier alpha value is -1.44. The minimum atomic E-state index is 0.179. The SMILES string of the molecule is C=C/C(=C1/OCC/C1=C/C)C(C)CC(=C)O.CC. The maximum Gasteiger partial charge on any atom is 0.125 e. The van der Waals surface area contributed by atoms with E-state index in [1.54, 1.807) is 0 Å². The van der Waals surface area contributed by atoms with E-state index in [0.29, 0.717) is 6.42 Å². The maximum atomic E-state index is 9.23. The summed E-state index contributed by atoms with van der Waals surface area (Å²) in [5.74, 6) is 1.32. The largest absolute Gasteiger partial charge is 0.513 e. The third-order valence-electron chi connectivity index (χ3n) is 2.81. The molecule has 18 heavy (non-hydrogen) atoms. The molecule has 1 atom stereocenters. The highest BCUT2D eigenvalue weighted by molar-refractivity contribution is 5.39. The molecule has 2 heteroatoms. The first-order valence-corrected chi connectivity index (χ1v) is 6.61. The average molecular weight is 250 g/mol. The van der Waals surface area contributed by atoms with E-state index in [-0.39, 0.29) is 11.7 Å². The van der Waals surface area contributed by atoms with Crippen LogP contribution < -0.4 is 0 Å². The van der Waals surface area contributed by atoms with Crippen LogP contribution in [-0.2, 0) is 4.74 Å². The molecule has 1 saturated heterocycles. The maximum absolute atomic E-state index is 9.23. The van der Waals surface area contributed by atoms with E-state index < -0.39 is 0 Å². The fourth-order valence-electron chi connectivity index (χ4n) is 1.99. The van der Waals surface area contributed by atoms with Crippen molar-refractivity contribution in [3.05, 3.63) is 48.0 Å². The van der Waals surface area contributed by atoms with Crippen molar-refractivity contribution in [1.82, 2.24) is 0 Å². The van der Waals surface area contributed by atoms with Gasteiger partial charge < -0.3 is 9.84 Å². The summed E-state index contributed by atoms with van der Waals surface area (Å²) in [6.45, 7) is 16.1. The highest BCUT2D eigenvalue weighted by Crippen LogP contribution is 2.32. The van der Waals surface area contributed by atoms with Gasteiger partial charge in [0.2, 0.25) is 0 Å². The highest BCUT2D eigenvalue weighted by atomic mass is 16.5. The average Bonchev–Trinajstić information content (AvgIpc) is 2.80. The zero-order valence-electron chi connectivity index (χ0n) is 12.1. The van der Waals surface area contributed by atoms with E-state index in [4.69, 9.17) is 4.74 Å². The van der Waals surface area contributed by atoms with Crippen LogP contribution in [0.2, 0.25) is 0 Å². The lowest BCUT2D eigenvalue weighted by Gasteiger charge is -2.15. The Morgan fingerprint density at radius 3 is 2.56 bits per heavy atom. The molecule has 0 aromatic rings. The second-order valence-corrected chi connectivity index (χ2v) is 4.07. The van der Waals surface area contributed by atoms with Crippen molar-refractivity contribution in [3.8, 4) is 0 Å². The Balaban J connectivity index is 0.00000137. The molecule has 1 unspecified atom stereocenters. The molecule has 1 fully saturated rings. The van der Waals surface area contributed by atoms with Crippen LogP contribution in [0.25, 0.3) is 0 Å². The van der Waals surface area contributed by atoms with Gasteiger partial charge in [-0.3, -0.25) is 0 Å². The molecule has 0 aromatic heterocycles. The lowest BCUT2D eigenvalue weighted by atomic mass is 9.93. The predicted octanol–water partition coefficient (Wildman–Crippen LogP) is 4.92. The van der Waals surface area contributed by atoms with Crippen molar-refractivity contribution in [2.24, 2.45) is 5.92 Å². The lowest BCUT2D eigenvalue weighted by molar-refractivity contribution is 0.259.